The van der Waals surface area contributed by atoms with Crippen LogP contribution >= 0.6 is 0 Å². The Hall–Kier alpha value is -0.0400. The van der Waals surface area contributed by atoms with Crippen LogP contribution in [0.5, 0.6) is 0 Å². The lowest BCUT2D eigenvalue weighted by atomic mass is 9.88. The Morgan fingerprint density at radius 2 is 1.46 bits per heavy atom. The van der Waals surface area contributed by atoms with Crippen molar-refractivity contribution in [1.29, 1.82) is 0 Å². The monoisotopic (exact) mass is 183 g/mol. The zero-order valence-electron chi connectivity index (χ0n) is 8.76. The quantitative estimate of drug-likeness (QED) is 0.588. The minimum atomic E-state index is 0.132. The molecule has 1 aliphatic carbocycles. The SMILES string of the molecule is [O]CCCCC1CCCCCCC1. The molecule has 0 amide bonds. The zero-order chi connectivity index (χ0) is 9.36. The molecule has 0 aromatic heterocycles. The average molecular weight is 183 g/mol. The van der Waals surface area contributed by atoms with Crippen LogP contribution in [0.1, 0.15) is 64.2 Å². The highest BCUT2D eigenvalue weighted by Crippen LogP contribution is 2.25. The summed E-state index contributed by atoms with van der Waals surface area (Å²) in [6, 6.07) is 0. The van der Waals surface area contributed by atoms with Gasteiger partial charge in [-0.2, -0.15) is 0 Å². The second-order valence-electron chi connectivity index (χ2n) is 4.41. The van der Waals surface area contributed by atoms with Gasteiger partial charge in [-0.05, 0) is 12.3 Å². The van der Waals surface area contributed by atoms with E-state index < -0.39 is 0 Å². The van der Waals surface area contributed by atoms with Gasteiger partial charge in [0.25, 0.3) is 0 Å². The van der Waals surface area contributed by atoms with Crippen LogP contribution in [-0.2, 0) is 5.11 Å². The molecular weight excluding hydrogens is 160 g/mol. The van der Waals surface area contributed by atoms with Gasteiger partial charge in [0.2, 0.25) is 0 Å². The first-order valence-corrected chi connectivity index (χ1v) is 6.01. The topological polar surface area (TPSA) is 19.9 Å². The van der Waals surface area contributed by atoms with Crippen molar-refractivity contribution in [3.05, 3.63) is 0 Å². The second-order valence-corrected chi connectivity index (χ2v) is 4.41. The predicted molar refractivity (Wildman–Crippen MR) is 55.2 cm³/mol. The molecule has 13 heavy (non-hydrogen) atoms. The molecule has 1 rings (SSSR count). The lowest BCUT2D eigenvalue weighted by Crippen LogP contribution is -2.03. The van der Waals surface area contributed by atoms with Crippen LogP contribution in [0.2, 0.25) is 0 Å². The maximum Gasteiger partial charge on any atom is 0.0822 e. The van der Waals surface area contributed by atoms with E-state index in [-0.39, 0.29) is 6.61 Å². The van der Waals surface area contributed by atoms with Crippen molar-refractivity contribution in [2.45, 2.75) is 64.2 Å². The molecule has 0 N–H and O–H groups in total. The third-order valence-corrected chi connectivity index (χ3v) is 3.23. The molecule has 1 radical (unpaired) electrons. The van der Waals surface area contributed by atoms with Crippen LogP contribution < -0.4 is 0 Å². The van der Waals surface area contributed by atoms with Crippen LogP contribution in [0.15, 0.2) is 0 Å². The molecular formula is C12H23O. The molecule has 0 unspecified atom stereocenters. The highest BCUT2D eigenvalue weighted by Gasteiger charge is 2.10. The molecule has 1 fully saturated rings. The molecule has 0 spiro atoms. The summed E-state index contributed by atoms with van der Waals surface area (Å²) in [5.41, 5.74) is 0. The minimum Gasteiger partial charge on any atom is -0.237 e. The highest BCUT2D eigenvalue weighted by atomic mass is 16.2. The molecule has 0 atom stereocenters. The van der Waals surface area contributed by atoms with E-state index in [2.05, 4.69) is 0 Å². The normalized spacial score (nSPS) is 21.0. The molecule has 1 saturated carbocycles. The van der Waals surface area contributed by atoms with Gasteiger partial charge < -0.3 is 0 Å². The van der Waals surface area contributed by atoms with Gasteiger partial charge in [-0.1, -0.05) is 57.8 Å². The van der Waals surface area contributed by atoms with Crippen molar-refractivity contribution >= 4 is 0 Å². The summed E-state index contributed by atoms with van der Waals surface area (Å²) in [6.45, 7) is 0.132. The first-order valence-electron chi connectivity index (χ1n) is 6.01. The number of rotatable bonds is 4. The van der Waals surface area contributed by atoms with Crippen LogP contribution in [0.4, 0.5) is 0 Å². The average Bonchev–Trinajstić information content (AvgIpc) is 2.08. The molecule has 0 heterocycles. The minimum absolute atomic E-state index is 0.132. The highest BCUT2D eigenvalue weighted by molar-refractivity contribution is 4.63. The molecule has 0 aliphatic heterocycles. The van der Waals surface area contributed by atoms with Crippen molar-refractivity contribution in [2.75, 3.05) is 6.61 Å². The van der Waals surface area contributed by atoms with Crippen LogP contribution in [0.25, 0.3) is 0 Å². The van der Waals surface area contributed by atoms with E-state index in [1.165, 1.54) is 57.8 Å². The third kappa shape index (κ3) is 5.30. The first-order chi connectivity index (χ1) is 6.43. The number of unbranched alkanes of at least 4 members (excludes halogenated alkanes) is 1. The van der Waals surface area contributed by atoms with Crippen molar-refractivity contribution in [2.24, 2.45) is 5.92 Å². The smallest absolute Gasteiger partial charge is 0.0822 e. The van der Waals surface area contributed by atoms with Crippen molar-refractivity contribution in [3.63, 3.8) is 0 Å². The fourth-order valence-corrected chi connectivity index (χ4v) is 2.36. The molecule has 1 heteroatoms. The molecule has 0 aromatic rings. The van der Waals surface area contributed by atoms with Crippen LogP contribution in [-0.4, -0.2) is 6.61 Å². The third-order valence-electron chi connectivity index (χ3n) is 3.23. The maximum atomic E-state index is 10.3. The Labute approximate surface area is 82.5 Å². The molecule has 0 saturated heterocycles. The van der Waals surface area contributed by atoms with Crippen molar-refractivity contribution < 1.29 is 5.11 Å². The van der Waals surface area contributed by atoms with Gasteiger partial charge in [-0.3, -0.25) is 0 Å². The Balaban J connectivity index is 2.06. The molecule has 1 aliphatic rings. The fourth-order valence-electron chi connectivity index (χ4n) is 2.36. The Morgan fingerprint density at radius 1 is 0.846 bits per heavy atom. The van der Waals surface area contributed by atoms with E-state index in [1.54, 1.807) is 0 Å². The summed E-state index contributed by atoms with van der Waals surface area (Å²) in [5, 5.41) is 10.3. The largest absolute Gasteiger partial charge is 0.237 e. The summed E-state index contributed by atoms with van der Waals surface area (Å²) in [4.78, 5) is 0. The summed E-state index contributed by atoms with van der Waals surface area (Å²) in [6.07, 6.45) is 13.5. The van der Waals surface area contributed by atoms with E-state index in [0.717, 1.165) is 12.3 Å². The van der Waals surface area contributed by atoms with Crippen molar-refractivity contribution in [1.82, 2.24) is 0 Å². The van der Waals surface area contributed by atoms with Crippen LogP contribution in [0, 0.1) is 5.92 Å². The van der Waals surface area contributed by atoms with Crippen LogP contribution in [0.3, 0.4) is 0 Å². The van der Waals surface area contributed by atoms with E-state index >= 15 is 0 Å². The van der Waals surface area contributed by atoms with Crippen molar-refractivity contribution in [3.8, 4) is 0 Å². The number of hydrogen-bond donors (Lipinski definition) is 0. The fraction of sp³-hybridized carbons (Fsp3) is 1.00. The summed E-state index contributed by atoms with van der Waals surface area (Å²) in [7, 11) is 0. The molecule has 77 valence electrons. The van der Waals surface area contributed by atoms with Gasteiger partial charge in [0.15, 0.2) is 0 Å². The summed E-state index contributed by atoms with van der Waals surface area (Å²) in [5.74, 6) is 0.951. The standard InChI is InChI=1S/C12H23O/c13-11-7-6-10-12-8-4-2-1-3-5-9-12/h12H,1-11H2. The predicted octanol–water partition coefficient (Wildman–Crippen LogP) is 3.95. The first kappa shape index (κ1) is 11.0. The molecule has 1 nitrogen and oxygen atoms in total. The van der Waals surface area contributed by atoms with Gasteiger partial charge in [-0.25, -0.2) is 5.11 Å². The lowest BCUT2D eigenvalue weighted by molar-refractivity contribution is 0.182. The number of hydrogen-bond acceptors (Lipinski definition) is 0. The lowest BCUT2D eigenvalue weighted by Gasteiger charge is -2.19. The maximum absolute atomic E-state index is 10.3. The summed E-state index contributed by atoms with van der Waals surface area (Å²) < 4.78 is 0. The molecule has 0 bridgehead atoms. The van der Waals surface area contributed by atoms with Gasteiger partial charge >= 0.3 is 0 Å². The Morgan fingerprint density at radius 3 is 2.08 bits per heavy atom. The van der Waals surface area contributed by atoms with Gasteiger partial charge in [0.1, 0.15) is 0 Å². The van der Waals surface area contributed by atoms with E-state index in [4.69, 9.17) is 0 Å². The molecule has 0 aromatic carbocycles. The van der Waals surface area contributed by atoms with E-state index in [9.17, 15) is 5.11 Å². The Bertz CT molecular complexity index is 104. The van der Waals surface area contributed by atoms with Gasteiger partial charge in [-0.15, -0.1) is 0 Å². The van der Waals surface area contributed by atoms with E-state index in [0.29, 0.717) is 0 Å². The van der Waals surface area contributed by atoms with Gasteiger partial charge in [0.05, 0.1) is 6.61 Å². The second kappa shape index (κ2) is 7.37. The summed E-state index contributed by atoms with van der Waals surface area (Å²) >= 11 is 0. The van der Waals surface area contributed by atoms with E-state index in [1.807, 2.05) is 0 Å². The zero-order valence-corrected chi connectivity index (χ0v) is 8.76. The van der Waals surface area contributed by atoms with Gasteiger partial charge in [0, 0.05) is 0 Å². The Kier molecular flexibility index (Phi) is 6.26.